The van der Waals surface area contributed by atoms with Crippen LogP contribution in [-0.2, 0) is 0 Å². The van der Waals surface area contributed by atoms with Gasteiger partial charge in [-0.1, -0.05) is 15.9 Å². The number of thiazole rings is 1. The van der Waals surface area contributed by atoms with Gasteiger partial charge in [0.1, 0.15) is 5.58 Å². The highest BCUT2D eigenvalue weighted by Gasteiger charge is 2.14. The first-order valence-corrected chi connectivity index (χ1v) is 7.58. The Labute approximate surface area is 127 Å². The van der Waals surface area contributed by atoms with E-state index >= 15 is 0 Å². The van der Waals surface area contributed by atoms with Crippen LogP contribution < -0.4 is 5.32 Å². The lowest BCUT2D eigenvalue weighted by molar-refractivity contribution is 0.0998. The van der Waals surface area contributed by atoms with Crippen LogP contribution in [0.15, 0.2) is 33.2 Å². The number of amides is 1. The Kier molecular flexibility index (Phi) is 3.35. The maximum atomic E-state index is 12.1. The number of furan rings is 1. The largest absolute Gasteiger partial charge is 0.451 e. The lowest BCUT2D eigenvalue weighted by atomic mass is 10.2. The van der Waals surface area contributed by atoms with Crippen LogP contribution in [0.1, 0.15) is 21.1 Å². The predicted molar refractivity (Wildman–Crippen MR) is 83.5 cm³/mol. The molecular formula is C14H11BrN2O2S. The van der Waals surface area contributed by atoms with E-state index in [9.17, 15) is 4.79 Å². The number of anilines is 1. The maximum absolute atomic E-state index is 12.1. The lowest BCUT2D eigenvalue weighted by Gasteiger charge is -1.96. The highest BCUT2D eigenvalue weighted by atomic mass is 79.9. The van der Waals surface area contributed by atoms with Gasteiger partial charge in [-0.05, 0) is 38.1 Å². The van der Waals surface area contributed by atoms with Gasteiger partial charge in [0.2, 0.25) is 0 Å². The Balaban J connectivity index is 1.88. The molecule has 0 atom stereocenters. The van der Waals surface area contributed by atoms with Crippen LogP contribution in [0.5, 0.6) is 0 Å². The number of hydrogen-bond acceptors (Lipinski definition) is 4. The van der Waals surface area contributed by atoms with Crippen molar-refractivity contribution in [3.63, 3.8) is 0 Å². The normalized spacial score (nSPS) is 10.9. The lowest BCUT2D eigenvalue weighted by Crippen LogP contribution is -2.10. The van der Waals surface area contributed by atoms with Crippen molar-refractivity contribution >= 4 is 49.3 Å². The Morgan fingerprint density at radius 1 is 1.35 bits per heavy atom. The molecule has 1 aromatic carbocycles. The third kappa shape index (κ3) is 2.48. The summed E-state index contributed by atoms with van der Waals surface area (Å²) < 4.78 is 6.47. The molecule has 0 aliphatic carbocycles. The molecule has 0 bridgehead atoms. The van der Waals surface area contributed by atoms with E-state index in [0.717, 1.165) is 20.4 Å². The molecule has 1 amide bonds. The van der Waals surface area contributed by atoms with Crippen molar-refractivity contribution < 1.29 is 9.21 Å². The molecule has 2 aromatic heterocycles. The van der Waals surface area contributed by atoms with E-state index in [1.165, 1.54) is 11.3 Å². The van der Waals surface area contributed by atoms with Crippen LogP contribution in [-0.4, -0.2) is 10.9 Å². The molecule has 0 aliphatic heterocycles. The molecule has 0 saturated heterocycles. The topological polar surface area (TPSA) is 55.1 Å². The SMILES string of the molecule is Cc1nc(NC(=O)c2cc3ccc(Br)cc3o2)sc1C. The van der Waals surface area contributed by atoms with Crippen molar-refractivity contribution in [1.29, 1.82) is 0 Å². The standard InChI is InChI=1S/C14H11BrN2O2S/c1-7-8(2)20-14(16-7)17-13(18)12-5-9-3-4-10(15)6-11(9)19-12/h3-6H,1-2H3,(H,16,17,18). The monoisotopic (exact) mass is 350 g/mol. The van der Waals surface area contributed by atoms with E-state index in [4.69, 9.17) is 4.42 Å². The van der Waals surface area contributed by atoms with Gasteiger partial charge in [-0.2, -0.15) is 0 Å². The van der Waals surface area contributed by atoms with E-state index in [1.54, 1.807) is 6.07 Å². The number of carbonyl (C=O) groups excluding carboxylic acids is 1. The summed E-state index contributed by atoms with van der Waals surface area (Å²) in [6, 6.07) is 7.37. The number of halogens is 1. The third-order valence-corrected chi connectivity index (χ3v) is 4.44. The molecule has 0 saturated carbocycles. The summed E-state index contributed by atoms with van der Waals surface area (Å²) in [6.45, 7) is 3.89. The second-order valence-electron chi connectivity index (χ2n) is 4.41. The number of nitrogens with one attached hydrogen (secondary N) is 1. The van der Waals surface area contributed by atoms with Crippen molar-refractivity contribution in [2.45, 2.75) is 13.8 Å². The molecule has 0 aliphatic rings. The molecule has 1 N–H and O–H groups in total. The molecule has 3 rings (SSSR count). The fraction of sp³-hybridized carbons (Fsp3) is 0.143. The molecule has 6 heteroatoms. The summed E-state index contributed by atoms with van der Waals surface area (Å²) in [5.74, 6) is -0.00493. The summed E-state index contributed by atoms with van der Waals surface area (Å²) in [4.78, 5) is 17.5. The number of benzene rings is 1. The summed E-state index contributed by atoms with van der Waals surface area (Å²) >= 11 is 4.83. The summed E-state index contributed by atoms with van der Waals surface area (Å²) in [7, 11) is 0. The minimum Gasteiger partial charge on any atom is -0.451 e. The third-order valence-electron chi connectivity index (χ3n) is 2.95. The average molecular weight is 351 g/mol. The number of fused-ring (bicyclic) bond motifs is 1. The van der Waals surface area contributed by atoms with Crippen LogP contribution in [0.2, 0.25) is 0 Å². The van der Waals surface area contributed by atoms with Crippen LogP contribution in [0.4, 0.5) is 5.13 Å². The van der Waals surface area contributed by atoms with Crippen molar-refractivity contribution in [1.82, 2.24) is 4.98 Å². The highest BCUT2D eigenvalue weighted by molar-refractivity contribution is 9.10. The smallest absolute Gasteiger partial charge is 0.293 e. The second kappa shape index (κ2) is 5.03. The molecule has 4 nitrogen and oxygen atoms in total. The fourth-order valence-electron chi connectivity index (χ4n) is 1.80. The maximum Gasteiger partial charge on any atom is 0.293 e. The summed E-state index contributed by atoms with van der Waals surface area (Å²) in [6.07, 6.45) is 0. The van der Waals surface area contributed by atoms with Gasteiger partial charge in [-0.25, -0.2) is 4.98 Å². The molecule has 20 heavy (non-hydrogen) atoms. The van der Waals surface area contributed by atoms with Crippen molar-refractivity contribution in [2.75, 3.05) is 5.32 Å². The van der Waals surface area contributed by atoms with Gasteiger partial charge in [0, 0.05) is 14.7 Å². The van der Waals surface area contributed by atoms with Gasteiger partial charge < -0.3 is 4.42 Å². The Morgan fingerprint density at radius 2 is 2.15 bits per heavy atom. The highest BCUT2D eigenvalue weighted by Crippen LogP contribution is 2.25. The number of carbonyl (C=O) groups is 1. The van der Waals surface area contributed by atoms with Crippen molar-refractivity contribution in [2.24, 2.45) is 0 Å². The molecule has 0 fully saturated rings. The predicted octanol–water partition coefficient (Wildman–Crippen LogP) is 4.52. The first-order chi connectivity index (χ1) is 9.52. The molecule has 0 unspecified atom stereocenters. The van der Waals surface area contributed by atoms with E-state index in [-0.39, 0.29) is 11.7 Å². The van der Waals surface area contributed by atoms with Gasteiger partial charge >= 0.3 is 0 Å². The van der Waals surface area contributed by atoms with Gasteiger partial charge in [-0.3, -0.25) is 10.1 Å². The molecular weight excluding hydrogens is 340 g/mol. The van der Waals surface area contributed by atoms with E-state index in [1.807, 2.05) is 32.0 Å². The van der Waals surface area contributed by atoms with Crippen LogP contribution in [0.25, 0.3) is 11.0 Å². The van der Waals surface area contributed by atoms with Crippen molar-refractivity contribution in [3.8, 4) is 0 Å². The number of hydrogen-bond donors (Lipinski definition) is 1. The van der Waals surface area contributed by atoms with Crippen molar-refractivity contribution in [3.05, 3.63) is 45.1 Å². The minimum absolute atomic E-state index is 0.281. The number of nitrogens with zero attached hydrogens (tertiary/aromatic N) is 1. The van der Waals surface area contributed by atoms with Crippen LogP contribution >= 0.6 is 27.3 Å². The number of aryl methyl sites for hydroxylation is 2. The second-order valence-corrected chi connectivity index (χ2v) is 6.53. The molecule has 0 spiro atoms. The quantitative estimate of drug-likeness (QED) is 0.739. The zero-order chi connectivity index (χ0) is 14.3. The van der Waals surface area contributed by atoms with Crippen LogP contribution in [0, 0.1) is 13.8 Å². The molecule has 3 aromatic rings. The molecule has 2 heterocycles. The Bertz CT molecular complexity index is 787. The number of rotatable bonds is 2. The van der Waals surface area contributed by atoms with Gasteiger partial charge in [-0.15, -0.1) is 11.3 Å². The van der Waals surface area contributed by atoms with E-state index < -0.39 is 0 Å². The molecule has 0 radical (unpaired) electrons. The minimum atomic E-state index is -0.286. The van der Waals surface area contributed by atoms with E-state index in [0.29, 0.717) is 10.7 Å². The summed E-state index contributed by atoms with van der Waals surface area (Å²) in [5.41, 5.74) is 1.61. The summed E-state index contributed by atoms with van der Waals surface area (Å²) in [5, 5.41) is 4.24. The average Bonchev–Trinajstić information content (AvgIpc) is 2.93. The van der Waals surface area contributed by atoms with Crippen LogP contribution in [0.3, 0.4) is 0 Å². The zero-order valence-corrected chi connectivity index (χ0v) is 13.3. The van der Waals surface area contributed by atoms with Gasteiger partial charge in [0.05, 0.1) is 5.69 Å². The number of aromatic nitrogens is 1. The first-order valence-electron chi connectivity index (χ1n) is 5.97. The first kappa shape index (κ1) is 13.3. The van der Waals surface area contributed by atoms with Gasteiger partial charge in [0.15, 0.2) is 10.9 Å². The van der Waals surface area contributed by atoms with Gasteiger partial charge in [0.25, 0.3) is 5.91 Å². The molecule has 102 valence electrons. The van der Waals surface area contributed by atoms with E-state index in [2.05, 4.69) is 26.2 Å². The Morgan fingerprint density at radius 3 is 2.85 bits per heavy atom. The fourth-order valence-corrected chi connectivity index (χ4v) is 2.95. The zero-order valence-electron chi connectivity index (χ0n) is 10.9. The Hall–Kier alpha value is -1.66.